The van der Waals surface area contributed by atoms with Crippen molar-refractivity contribution in [1.82, 2.24) is 4.57 Å². The van der Waals surface area contributed by atoms with E-state index in [0.29, 0.717) is 11.5 Å². The Morgan fingerprint density at radius 1 is 0.727 bits per heavy atom. The third-order valence-corrected chi connectivity index (χ3v) is 14.0. The van der Waals surface area contributed by atoms with Crippen molar-refractivity contribution >= 4 is 51.6 Å². The third kappa shape index (κ3) is 3.20. The van der Waals surface area contributed by atoms with Gasteiger partial charge < -0.3 is 9.47 Å². The van der Waals surface area contributed by atoms with Crippen LogP contribution in [-0.2, 0) is 0 Å². The molecule has 0 radical (unpaired) electrons. The summed E-state index contributed by atoms with van der Waals surface area (Å²) in [4.78, 5) is 2.56. The number of anilines is 2. The van der Waals surface area contributed by atoms with Crippen molar-refractivity contribution in [2.45, 2.75) is 31.5 Å². The van der Waals surface area contributed by atoms with Gasteiger partial charge in [0.2, 0.25) is 0 Å². The predicted octanol–water partition coefficient (Wildman–Crippen LogP) is 8.58. The van der Waals surface area contributed by atoms with Crippen LogP contribution in [0, 0.1) is 11.3 Å². The fraction of sp³-hybridized carbons (Fsp3) is 0.125. The maximum Gasteiger partial charge on any atom is 0.113 e. The van der Waals surface area contributed by atoms with Crippen LogP contribution in [0.4, 0.5) is 11.4 Å². The van der Waals surface area contributed by atoms with Crippen LogP contribution in [0.3, 0.4) is 0 Å². The summed E-state index contributed by atoms with van der Waals surface area (Å²) in [5.74, 6) is 0.318. The van der Waals surface area contributed by atoms with Gasteiger partial charge in [-0.2, -0.15) is 5.26 Å². The second kappa shape index (κ2) is 8.72. The zero-order valence-electron chi connectivity index (χ0n) is 25.0. The van der Waals surface area contributed by atoms with Gasteiger partial charge >= 0.3 is 0 Å². The minimum Gasteiger partial charge on any atom is -0.331 e. The summed E-state index contributed by atoms with van der Waals surface area (Å²) >= 11 is 0. The number of para-hydroxylation sites is 2. The van der Waals surface area contributed by atoms with Gasteiger partial charge in [0.15, 0.2) is 0 Å². The summed E-state index contributed by atoms with van der Waals surface area (Å²) in [7, 11) is -1.89. The first-order chi connectivity index (χ1) is 21.4. The molecule has 2 unspecified atom stereocenters. The molecule has 2 aliphatic heterocycles. The molecule has 3 heterocycles. The molecule has 0 spiro atoms. The molecule has 0 bridgehead atoms. The van der Waals surface area contributed by atoms with Crippen LogP contribution in [0.2, 0.25) is 13.1 Å². The van der Waals surface area contributed by atoms with E-state index in [2.05, 4.69) is 151 Å². The lowest BCUT2D eigenvalue weighted by atomic mass is 9.80. The van der Waals surface area contributed by atoms with E-state index in [0.717, 1.165) is 22.1 Å². The zero-order chi connectivity index (χ0) is 29.8. The molecule has 1 aromatic heterocycles. The van der Waals surface area contributed by atoms with E-state index >= 15 is 0 Å². The van der Waals surface area contributed by atoms with Crippen molar-refractivity contribution in [1.29, 1.82) is 5.26 Å². The lowest BCUT2D eigenvalue weighted by molar-refractivity contribution is 0.542. The van der Waals surface area contributed by atoms with E-state index < -0.39 is 8.07 Å². The first kappa shape index (κ1) is 25.4. The first-order valence-electron chi connectivity index (χ1n) is 15.4. The van der Waals surface area contributed by atoms with Crippen molar-refractivity contribution in [2.75, 3.05) is 4.90 Å². The molecule has 1 aliphatic carbocycles. The van der Waals surface area contributed by atoms with Crippen LogP contribution in [0.5, 0.6) is 0 Å². The van der Waals surface area contributed by atoms with Crippen LogP contribution in [0.25, 0.3) is 38.6 Å². The van der Waals surface area contributed by atoms with Crippen LogP contribution in [0.1, 0.15) is 24.0 Å². The number of nitriles is 1. The highest BCUT2D eigenvalue weighted by atomic mass is 28.3. The smallest absolute Gasteiger partial charge is 0.113 e. The van der Waals surface area contributed by atoms with Gasteiger partial charge in [0.25, 0.3) is 0 Å². The number of rotatable bonds is 2. The van der Waals surface area contributed by atoms with E-state index in [4.69, 9.17) is 0 Å². The van der Waals surface area contributed by atoms with Crippen LogP contribution in [0.15, 0.2) is 127 Å². The molecule has 4 heteroatoms. The molecule has 210 valence electrons. The number of hydrogen-bond donors (Lipinski definition) is 0. The molecule has 2 atom stereocenters. The second-order valence-corrected chi connectivity index (χ2v) is 17.5. The molecule has 0 amide bonds. The van der Waals surface area contributed by atoms with E-state index in [1.54, 1.807) is 0 Å². The number of aromatic nitrogens is 1. The molecule has 0 fully saturated rings. The van der Waals surface area contributed by atoms with Crippen LogP contribution >= 0.6 is 0 Å². The van der Waals surface area contributed by atoms with Crippen LogP contribution < -0.4 is 15.3 Å². The molecular weight excluding hydrogens is 551 g/mol. The van der Waals surface area contributed by atoms with Gasteiger partial charge in [-0.25, -0.2) is 0 Å². The highest BCUT2D eigenvalue weighted by molar-refractivity contribution is 7.03. The van der Waals surface area contributed by atoms with E-state index in [1.165, 1.54) is 43.8 Å². The van der Waals surface area contributed by atoms with Gasteiger partial charge in [-0.3, -0.25) is 0 Å². The highest BCUT2D eigenvalue weighted by Gasteiger charge is 2.47. The van der Waals surface area contributed by atoms with Gasteiger partial charge in [0, 0.05) is 33.8 Å². The Morgan fingerprint density at radius 3 is 2.25 bits per heavy atom. The predicted molar refractivity (Wildman–Crippen MR) is 186 cm³/mol. The summed E-state index contributed by atoms with van der Waals surface area (Å²) < 4.78 is 2.37. The van der Waals surface area contributed by atoms with E-state index in [1.807, 2.05) is 12.1 Å². The monoisotopic (exact) mass is 581 g/mol. The number of benzene rings is 5. The largest absolute Gasteiger partial charge is 0.331 e. The van der Waals surface area contributed by atoms with Gasteiger partial charge in [-0.1, -0.05) is 85.9 Å². The minimum atomic E-state index is -1.89. The average molecular weight is 582 g/mol. The molecule has 0 N–H and O–H groups in total. The van der Waals surface area contributed by atoms with Gasteiger partial charge in [-0.15, -0.1) is 0 Å². The summed E-state index contributed by atoms with van der Waals surface area (Å²) in [5.41, 5.74) is 10.6. The van der Waals surface area contributed by atoms with E-state index in [-0.39, 0.29) is 5.54 Å². The van der Waals surface area contributed by atoms with Crippen molar-refractivity contribution < 1.29 is 0 Å². The Morgan fingerprint density at radius 2 is 1.43 bits per heavy atom. The second-order valence-electron chi connectivity index (χ2n) is 13.1. The fourth-order valence-electron chi connectivity index (χ4n) is 8.33. The Kier molecular flexibility index (Phi) is 5.03. The summed E-state index contributed by atoms with van der Waals surface area (Å²) in [6, 6.07) is 40.1. The number of hydrogen-bond acceptors (Lipinski definition) is 2. The maximum absolute atomic E-state index is 9.61. The minimum absolute atomic E-state index is 0.159. The van der Waals surface area contributed by atoms with Crippen molar-refractivity contribution in [3.05, 3.63) is 139 Å². The van der Waals surface area contributed by atoms with Crippen molar-refractivity contribution in [3.8, 4) is 22.9 Å². The Bertz CT molecular complexity index is 2310. The quantitative estimate of drug-likeness (QED) is 0.192. The number of nitrogens with zero attached hydrogens (tertiary/aromatic N) is 3. The summed E-state index contributed by atoms with van der Waals surface area (Å²) in [6.07, 6.45) is 9.12. The Balaban J connectivity index is 1.25. The molecule has 6 aromatic rings. The van der Waals surface area contributed by atoms with Crippen molar-refractivity contribution in [3.63, 3.8) is 0 Å². The number of fused-ring (bicyclic) bond motifs is 9. The number of allylic oxidation sites excluding steroid dienone is 2. The molecule has 0 saturated carbocycles. The summed E-state index contributed by atoms with van der Waals surface area (Å²) in [5, 5.41) is 14.9. The molecule has 9 rings (SSSR count). The fourth-order valence-corrected chi connectivity index (χ4v) is 11.4. The zero-order valence-corrected chi connectivity index (χ0v) is 26.0. The average Bonchev–Trinajstić information content (AvgIpc) is 3.60. The van der Waals surface area contributed by atoms with E-state index in [9.17, 15) is 5.26 Å². The standard InChI is InChI=1S/C40H31N3Si/c1-40-21-9-8-12-34(40)30-11-5-7-14-37(30)43(40)28-17-20-39-33(24-28)32-23-27(16-19-38(32)44(39,2)3)42-35-13-6-4-10-29(35)31-22-26(25-41)15-18-36(31)42/h4-24,34H,1-3H3. The molecular formula is C40H31N3Si. The first-order valence-corrected chi connectivity index (χ1v) is 18.4. The topological polar surface area (TPSA) is 32.0 Å². The highest BCUT2D eigenvalue weighted by Crippen LogP contribution is 2.54. The third-order valence-electron chi connectivity index (χ3n) is 10.4. The van der Waals surface area contributed by atoms with Crippen LogP contribution in [-0.4, -0.2) is 18.2 Å². The molecule has 3 nitrogen and oxygen atoms in total. The lowest BCUT2D eigenvalue weighted by Gasteiger charge is -2.39. The van der Waals surface area contributed by atoms with Gasteiger partial charge in [0.1, 0.15) is 8.07 Å². The van der Waals surface area contributed by atoms with Crippen molar-refractivity contribution in [2.24, 2.45) is 0 Å². The Hall–Kier alpha value is -5.11. The molecule has 0 saturated heterocycles. The molecule has 44 heavy (non-hydrogen) atoms. The lowest BCUT2D eigenvalue weighted by Crippen LogP contribution is -2.49. The normalized spacial score (nSPS) is 20.4. The molecule has 5 aromatic carbocycles. The SMILES string of the molecule is CC12C=CC=CC1c1ccccc1N2c1ccc2c(c1)-c1cc(-n3c4ccccc4c4cc(C#N)ccc43)ccc1[Si]2(C)C. The Labute approximate surface area is 258 Å². The maximum atomic E-state index is 9.61. The molecule has 3 aliphatic rings. The van der Waals surface area contributed by atoms with Gasteiger partial charge in [-0.05, 0) is 88.6 Å². The van der Waals surface area contributed by atoms with Gasteiger partial charge in [0.05, 0.1) is 28.2 Å². The summed E-state index contributed by atoms with van der Waals surface area (Å²) in [6.45, 7) is 7.34.